The molecule has 2 rings (SSSR count). The van der Waals surface area contributed by atoms with Crippen LogP contribution in [0.15, 0.2) is 6.07 Å². The first-order valence-corrected chi connectivity index (χ1v) is 4.48. The molecule has 3 nitrogen and oxygen atoms in total. The summed E-state index contributed by atoms with van der Waals surface area (Å²) in [5, 5.41) is 0. The Kier molecular flexibility index (Phi) is 2.08. The van der Waals surface area contributed by atoms with Crippen LogP contribution in [0.4, 0.5) is 0 Å². The molecular weight excluding hydrogens is 166 g/mol. The van der Waals surface area contributed by atoms with E-state index in [-0.39, 0.29) is 0 Å². The predicted octanol–water partition coefficient (Wildman–Crippen LogP) is 1.72. The molecule has 0 radical (unpaired) electrons. The highest BCUT2D eigenvalue weighted by atomic mass is 16.5. The molecule has 70 valence electrons. The first-order valence-electron chi connectivity index (χ1n) is 4.48. The lowest BCUT2D eigenvalue weighted by Crippen LogP contribution is -2.11. The molecule has 3 heteroatoms. The number of aromatic nitrogens is 1. The van der Waals surface area contributed by atoms with Crippen molar-refractivity contribution in [3.8, 4) is 11.8 Å². The molecule has 0 aromatic carbocycles. The molecule has 0 fully saturated rings. The van der Waals surface area contributed by atoms with Gasteiger partial charge in [-0.15, -0.1) is 0 Å². The van der Waals surface area contributed by atoms with Crippen LogP contribution >= 0.6 is 0 Å². The number of rotatable bonds is 1. The van der Waals surface area contributed by atoms with Gasteiger partial charge < -0.3 is 9.47 Å². The minimum absolute atomic E-state index is 0.637. The quantitative estimate of drug-likeness (QED) is 0.657. The molecule has 0 saturated carbocycles. The molecular formula is C10H13NO2. The van der Waals surface area contributed by atoms with Gasteiger partial charge in [0.25, 0.3) is 0 Å². The lowest BCUT2D eigenvalue weighted by Gasteiger charge is -2.18. The van der Waals surface area contributed by atoms with Crippen molar-refractivity contribution in [1.29, 1.82) is 0 Å². The molecule has 1 aliphatic rings. The molecule has 0 N–H and O–H groups in total. The highest BCUT2D eigenvalue weighted by Crippen LogP contribution is 2.28. The number of pyridine rings is 1. The average Bonchev–Trinajstić information content (AvgIpc) is 2.18. The maximum absolute atomic E-state index is 5.46. The van der Waals surface area contributed by atoms with E-state index < -0.39 is 0 Å². The van der Waals surface area contributed by atoms with E-state index in [2.05, 4.69) is 11.9 Å². The molecule has 0 amide bonds. The number of nitrogens with zero attached hydrogens (tertiary/aromatic N) is 1. The van der Waals surface area contributed by atoms with Crippen molar-refractivity contribution in [2.45, 2.75) is 19.8 Å². The van der Waals surface area contributed by atoms with Gasteiger partial charge in [0.2, 0.25) is 11.8 Å². The normalized spacial score (nSPS) is 14.6. The van der Waals surface area contributed by atoms with Crippen LogP contribution in [0, 0.1) is 6.92 Å². The zero-order valence-corrected chi connectivity index (χ0v) is 7.96. The van der Waals surface area contributed by atoms with Gasteiger partial charge in [0.1, 0.15) is 0 Å². The van der Waals surface area contributed by atoms with Crippen LogP contribution in [-0.2, 0) is 6.42 Å². The summed E-state index contributed by atoms with van der Waals surface area (Å²) in [5.41, 5.74) is 2.44. The first-order chi connectivity index (χ1) is 6.31. The largest absolute Gasteiger partial charge is 0.481 e. The van der Waals surface area contributed by atoms with Crippen LogP contribution in [-0.4, -0.2) is 18.7 Å². The average molecular weight is 179 g/mol. The smallest absolute Gasteiger partial charge is 0.220 e. The van der Waals surface area contributed by atoms with Crippen molar-refractivity contribution in [2.24, 2.45) is 0 Å². The van der Waals surface area contributed by atoms with Crippen LogP contribution in [0.5, 0.6) is 11.8 Å². The van der Waals surface area contributed by atoms with Gasteiger partial charge in [0.05, 0.1) is 13.7 Å². The minimum Gasteiger partial charge on any atom is -0.481 e. The molecule has 0 aliphatic carbocycles. The van der Waals surface area contributed by atoms with Gasteiger partial charge in [0.15, 0.2) is 0 Å². The van der Waals surface area contributed by atoms with Crippen molar-refractivity contribution < 1.29 is 9.47 Å². The second-order valence-corrected chi connectivity index (χ2v) is 3.22. The van der Waals surface area contributed by atoms with Gasteiger partial charge in [-0.1, -0.05) is 0 Å². The zero-order chi connectivity index (χ0) is 9.26. The van der Waals surface area contributed by atoms with E-state index in [9.17, 15) is 0 Å². The van der Waals surface area contributed by atoms with E-state index in [0.717, 1.165) is 25.3 Å². The second-order valence-electron chi connectivity index (χ2n) is 3.22. The highest BCUT2D eigenvalue weighted by Gasteiger charge is 2.15. The summed E-state index contributed by atoms with van der Waals surface area (Å²) in [6.07, 6.45) is 2.15. The highest BCUT2D eigenvalue weighted by molar-refractivity contribution is 5.39. The number of fused-ring (bicyclic) bond motifs is 1. The fourth-order valence-corrected chi connectivity index (χ4v) is 1.59. The Balaban J connectivity index is 2.47. The molecule has 1 aliphatic heterocycles. The molecule has 0 bridgehead atoms. The van der Waals surface area contributed by atoms with Crippen LogP contribution in [0.3, 0.4) is 0 Å². The lowest BCUT2D eigenvalue weighted by atomic mass is 10.0. The number of aryl methyl sites for hydroxylation is 1. The number of hydrogen-bond donors (Lipinski definition) is 0. The Labute approximate surface area is 77.7 Å². The van der Waals surface area contributed by atoms with E-state index in [4.69, 9.17) is 9.47 Å². The third-order valence-electron chi connectivity index (χ3n) is 2.30. The van der Waals surface area contributed by atoms with E-state index in [1.807, 2.05) is 6.07 Å². The van der Waals surface area contributed by atoms with Crippen LogP contribution in [0.1, 0.15) is 17.5 Å². The van der Waals surface area contributed by atoms with Crippen molar-refractivity contribution in [1.82, 2.24) is 4.98 Å². The standard InChI is InChI=1S/C10H13NO2/c1-7-6-9(12-2)11-10-8(7)4-3-5-13-10/h6H,3-5H2,1-2H3. The maximum Gasteiger partial charge on any atom is 0.220 e. The number of ether oxygens (including phenoxy) is 2. The fraction of sp³-hybridized carbons (Fsp3) is 0.500. The molecule has 2 heterocycles. The summed E-state index contributed by atoms with van der Waals surface area (Å²) in [4.78, 5) is 4.25. The number of methoxy groups -OCH3 is 1. The third-order valence-corrected chi connectivity index (χ3v) is 2.30. The van der Waals surface area contributed by atoms with Gasteiger partial charge >= 0.3 is 0 Å². The van der Waals surface area contributed by atoms with Gasteiger partial charge in [-0.2, -0.15) is 4.98 Å². The van der Waals surface area contributed by atoms with Crippen molar-refractivity contribution in [3.63, 3.8) is 0 Å². The van der Waals surface area contributed by atoms with E-state index in [0.29, 0.717) is 5.88 Å². The summed E-state index contributed by atoms with van der Waals surface area (Å²) in [6.45, 7) is 2.84. The van der Waals surface area contributed by atoms with Crippen molar-refractivity contribution in [3.05, 3.63) is 17.2 Å². The Bertz CT molecular complexity index is 323. The van der Waals surface area contributed by atoms with Crippen LogP contribution in [0.2, 0.25) is 0 Å². The van der Waals surface area contributed by atoms with Crippen molar-refractivity contribution >= 4 is 0 Å². The van der Waals surface area contributed by atoms with Gasteiger partial charge in [-0.05, 0) is 25.3 Å². The molecule has 0 saturated heterocycles. The summed E-state index contributed by atoms with van der Waals surface area (Å²) in [7, 11) is 1.62. The van der Waals surface area contributed by atoms with Crippen LogP contribution in [0.25, 0.3) is 0 Å². The molecule has 0 spiro atoms. The monoisotopic (exact) mass is 179 g/mol. The van der Waals surface area contributed by atoms with E-state index >= 15 is 0 Å². The Hall–Kier alpha value is -1.25. The lowest BCUT2D eigenvalue weighted by molar-refractivity contribution is 0.269. The predicted molar refractivity (Wildman–Crippen MR) is 49.3 cm³/mol. The zero-order valence-electron chi connectivity index (χ0n) is 7.96. The summed E-state index contributed by atoms with van der Waals surface area (Å²) in [6, 6.07) is 1.95. The minimum atomic E-state index is 0.637. The molecule has 0 unspecified atom stereocenters. The number of hydrogen-bond acceptors (Lipinski definition) is 3. The Morgan fingerprint density at radius 1 is 1.54 bits per heavy atom. The van der Waals surface area contributed by atoms with Crippen LogP contribution < -0.4 is 9.47 Å². The van der Waals surface area contributed by atoms with Gasteiger partial charge in [-0.3, -0.25) is 0 Å². The topological polar surface area (TPSA) is 31.4 Å². The maximum atomic E-state index is 5.46. The second kappa shape index (κ2) is 3.24. The fourth-order valence-electron chi connectivity index (χ4n) is 1.59. The molecule has 13 heavy (non-hydrogen) atoms. The summed E-state index contributed by atoms with van der Waals surface area (Å²) >= 11 is 0. The Morgan fingerprint density at radius 2 is 2.38 bits per heavy atom. The van der Waals surface area contributed by atoms with E-state index in [1.54, 1.807) is 7.11 Å². The van der Waals surface area contributed by atoms with Crippen molar-refractivity contribution in [2.75, 3.05) is 13.7 Å². The molecule has 0 atom stereocenters. The SMILES string of the molecule is COc1cc(C)c2c(n1)OCCC2. The van der Waals surface area contributed by atoms with Gasteiger partial charge in [0, 0.05) is 11.6 Å². The molecule has 1 aromatic heterocycles. The first kappa shape index (κ1) is 8.35. The van der Waals surface area contributed by atoms with Gasteiger partial charge in [-0.25, -0.2) is 0 Å². The summed E-state index contributed by atoms with van der Waals surface area (Å²) < 4.78 is 10.5. The third kappa shape index (κ3) is 1.46. The van der Waals surface area contributed by atoms with E-state index in [1.165, 1.54) is 11.1 Å². The molecule has 1 aromatic rings. The Morgan fingerprint density at radius 3 is 3.15 bits per heavy atom. The summed E-state index contributed by atoms with van der Waals surface area (Å²) in [5.74, 6) is 1.39.